The topological polar surface area (TPSA) is 547 Å². The lowest BCUT2D eigenvalue weighted by Crippen LogP contribution is -2.45. The Morgan fingerprint density at radius 3 is 0.893 bits per heavy atom. The van der Waals surface area contributed by atoms with Crippen LogP contribution in [0, 0.1) is 0 Å². The number of hydrogen-bond donors (Lipinski definition) is 16. The van der Waals surface area contributed by atoms with Gasteiger partial charge in [-0.3, -0.25) is 47.9 Å². The fourth-order valence-electron chi connectivity index (χ4n) is 13.7. The molecule has 0 unspecified atom stereocenters. The minimum atomic E-state index is -1.60. The molecule has 6 aromatic carbocycles. The van der Waals surface area contributed by atoms with E-state index in [-0.39, 0.29) is 138 Å². The first kappa shape index (κ1) is 99.5. The lowest BCUT2D eigenvalue weighted by Gasteiger charge is -2.19. The molecule has 16 N–H and O–H groups in total. The predicted molar refractivity (Wildman–Crippen MR) is 477 cm³/mol. The molecule has 0 aliphatic rings. The van der Waals surface area contributed by atoms with Crippen molar-refractivity contribution in [2.45, 2.75) is 88.4 Å². The molecule has 4 heterocycles. The molecule has 39 nitrogen and oxygen atoms in total. The summed E-state index contributed by atoms with van der Waals surface area (Å²) >= 11 is 0. The van der Waals surface area contributed by atoms with Gasteiger partial charge in [-0.25, -0.2) is 9.59 Å². The fraction of sp³-hybridized carbons (Fsp3) is 0.391. The van der Waals surface area contributed by atoms with Gasteiger partial charge in [0.15, 0.2) is 0 Å². The zero-order chi connectivity index (χ0) is 92.9. The SMILES string of the molecule is O=C(O)C[C@H](NC(=O)CCC(=O)NCCOCCOCCOCCOCCOCCOCCOCCOCCOCCNC(=O)CCC(=O)N[C@@H](CC(=O)O)C(=O)Nc1ccc(C(=O)N[C@@H](Cc2c[nH]c3ccccc23)C(=O)O)cc1OCCc1c[nH]c2ccccc12)C(=O)Nc1ccc(C(=O)N[C@@H](Cc2c[nH]c3ccccc23)C(=O)O)cc1OCCc1c[nH]c2ccccc12. The standard InChI is InChI=1S/C92H110N12O27/c105-81(21-23-83(107)99-75(53-85(109)110)89(115)101-73-19-17-59(51-79(73)130-29-25-61-55-95-69-13-5-1-9-65(61)69)87(113)103-77(91(117)118)49-63-57-97-71-15-7-3-11-67(63)71)93-27-31-121-33-35-123-37-39-125-41-43-127-45-47-129-48-46-128-44-42-126-40-38-124-36-34-122-32-28-94-82(106)22-24-84(108)100-76(54-86(111)112)90(116)102-74-20-18-60(52-80(74)131-30-26-62-56-96-70-14-6-2-10-66(62)70)88(114)104-78(92(119)120)50-64-58-98-72-16-8-4-12-68(64)72/h1-20,51-52,55-58,75-78,95-98H,21-50,53-54H2,(H,93,105)(H,94,106)(H,99,107)(H,100,108)(H,101,115)(H,102,116)(H,103,113)(H,104,114)(H,109,110)(H,111,112)(H,117,118)(H,119,120)/t75-,76-,77-,78-/m0/s1. The molecule has 131 heavy (non-hydrogen) atoms. The van der Waals surface area contributed by atoms with Crippen molar-refractivity contribution in [3.05, 3.63) is 192 Å². The average molecular weight is 1820 g/mol. The number of ether oxygens (including phenoxy) is 11. The molecule has 0 aliphatic carbocycles. The molecule has 0 spiro atoms. The van der Waals surface area contributed by atoms with Crippen LogP contribution < -0.4 is 52.0 Å². The van der Waals surface area contributed by atoms with Gasteiger partial charge >= 0.3 is 23.9 Å². The Bertz CT molecular complexity index is 5110. The Morgan fingerprint density at radius 1 is 0.305 bits per heavy atom. The molecule has 0 fully saturated rings. The molecule has 4 atom stereocenters. The minimum absolute atomic E-state index is 0.000728. The molecule has 0 radical (unpaired) electrons. The summed E-state index contributed by atoms with van der Waals surface area (Å²) in [6.07, 6.45) is 4.80. The van der Waals surface area contributed by atoms with Gasteiger partial charge in [0.1, 0.15) is 35.7 Å². The van der Waals surface area contributed by atoms with E-state index in [0.29, 0.717) is 103 Å². The predicted octanol–water partition coefficient (Wildman–Crippen LogP) is 6.14. The normalized spacial score (nSPS) is 12.2. The van der Waals surface area contributed by atoms with Crippen LogP contribution in [0.1, 0.15) is 81.5 Å². The van der Waals surface area contributed by atoms with Crippen molar-refractivity contribution in [3.8, 4) is 11.5 Å². The van der Waals surface area contributed by atoms with Crippen LogP contribution in [0.25, 0.3) is 43.6 Å². The first-order chi connectivity index (χ1) is 63.6. The number of para-hydroxylation sites is 4. The largest absolute Gasteiger partial charge is 0.491 e. The number of aromatic nitrogens is 4. The van der Waals surface area contributed by atoms with E-state index in [1.54, 1.807) is 12.4 Å². The number of fused-ring (bicyclic) bond motifs is 4. The zero-order valence-corrected chi connectivity index (χ0v) is 72.1. The van der Waals surface area contributed by atoms with E-state index < -0.39 is 108 Å². The third-order valence-corrected chi connectivity index (χ3v) is 20.3. The van der Waals surface area contributed by atoms with Gasteiger partial charge in [0.2, 0.25) is 35.4 Å². The van der Waals surface area contributed by atoms with Crippen LogP contribution in [0.4, 0.5) is 11.4 Å². The van der Waals surface area contributed by atoms with Gasteiger partial charge in [-0.2, -0.15) is 0 Å². The fourth-order valence-corrected chi connectivity index (χ4v) is 13.7. The minimum Gasteiger partial charge on any atom is -0.491 e. The monoisotopic (exact) mass is 1810 g/mol. The quantitative estimate of drug-likeness (QED) is 0.0190. The lowest BCUT2D eigenvalue weighted by atomic mass is 10.0. The summed E-state index contributed by atoms with van der Waals surface area (Å²) in [7, 11) is 0. The van der Waals surface area contributed by atoms with Gasteiger partial charge < -0.3 is 135 Å². The summed E-state index contributed by atoms with van der Waals surface area (Å²) in [5.41, 5.74) is 6.67. The van der Waals surface area contributed by atoms with Crippen molar-refractivity contribution in [2.24, 2.45) is 0 Å². The highest BCUT2D eigenvalue weighted by Gasteiger charge is 2.31. The molecule has 0 bridgehead atoms. The molecule has 0 saturated heterocycles. The first-order valence-corrected chi connectivity index (χ1v) is 42.8. The number of H-pyrrole nitrogens is 4. The van der Waals surface area contributed by atoms with Crippen molar-refractivity contribution in [1.29, 1.82) is 0 Å². The number of carbonyl (C=O) groups excluding carboxylic acids is 8. The highest BCUT2D eigenvalue weighted by molar-refractivity contribution is 6.04. The van der Waals surface area contributed by atoms with Crippen LogP contribution in [0.2, 0.25) is 0 Å². The molecule has 10 aromatic rings. The molecule has 4 aromatic heterocycles. The van der Waals surface area contributed by atoms with Crippen LogP contribution >= 0.6 is 0 Å². The molecule has 700 valence electrons. The third kappa shape index (κ3) is 33.7. The second-order valence-corrected chi connectivity index (χ2v) is 29.8. The van der Waals surface area contributed by atoms with Crippen LogP contribution in [0.15, 0.2) is 158 Å². The third-order valence-electron chi connectivity index (χ3n) is 20.3. The number of anilines is 2. The van der Waals surface area contributed by atoms with Gasteiger partial charge in [0.05, 0.1) is 156 Å². The lowest BCUT2D eigenvalue weighted by molar-refractivity contribution is -0.140. The summed E-state index contributed by atoms with van der Waals surface area (Å²) in [4.78, 5) is 168. The van der Waals surface area contributed by atoms with Gasteiger partial charge in [-0.1, -0.05) is 72.8 Å². The Hall–Kier alpha value is -13.6. The van der Waals surface area contributed by atoms with E-state index in [0.717, 1.165) is 54.7 Å². The van der Waals surface area contributed by atoms with Crippen LogP contribution in [-0.4, -0.2) is 281 Å². The Morgan fingerprint density at radius 2 is 0.588 bits per heavy atom. The van der Waals surface area contributed by atoms with E-state index in [1.165, 1.54) is 36.4 Å². The number of hydrogen-bond acceptors (Lipinski definition) is 23. The molecule has 8 amide bonds. The van der Waals surface area contributed by atoms with Crippen LogP contribution in [-0.2, 0) is 116 Å². The van der Waals surface area contributed by atoms with Gasteiger partial charge in [-0.15, -0.1) is 0 Å². The van der Waals surface area contributed by atoms with Crippen molar-refractivity contribution in [1.82, 2.24) is 51.8 Å². The Labute approximate surface area is 752 Å². The summed E-state index contributed by atoms with van der Waals surface area (Å²) in [5.74, 6) is -11.2. The van der Waals surface area contributed by atoms with Crippen molar-refractivity contribution in [2.75, 3.05) is 156 Å². The maximum Gasteiger partial charge on any atom is 0.326 e. The van der Waals surface area contributed by atoms with E-state index in [9.17, 15) is 78.0 Å². The number of aliphatic carboxylic acids is 4. The number of carbonyl (C=O) groups is 12. The van der Waals surface area contributed by atoms with Gasteiger partial charge in [0.25, 0.3) is 11.8 Å². The van der Waals surface area contributed by atoms with E-state index in [4.69, 9.17) is 52.1 Å². The molecular weight excluding hydrogens is 1710 g/mol. The summed E-state index contributed by atoms with van der Waals surface area (Å²) in [6, 6.07) is 32.2. The highest BCUT2D eigenvalue weighted by atomic mass is 16.6. The Balaban J connectivity index is 0.495. The number of nitrogens with one attached hydrogen (secondary N) is 12. The zero-order valence-electron chi connectivity index (χ0n) is 72.1. The van der Waals surface area contributed by atoms with Crippen molar-refractivity contribution < 1.29 is 130 Å². The van der Waals surface area contributed by atoms with Crippen molar-refractivity contribution >= 4 is 126 Å². The Kier molecular flexibility index (Phi) is 41.0. The molecule has 0 aliphatic heterocycles. The van der Waals surface area contributed by atoms with Gasteiger partial charge in [0, 0.05) is 144 Å². The molecule has 10 rings (SSSR count). The maximum atomic E-state index is 13.8. The average Bonchev–Trinajstić information content (AvgIpc) is 1.81. The van der Waals surface area contributed by atoms with E-state index in [1.807, 2.05) is 109 Å². The summed E-state index contributed by atoms with van der Waals surface area (Å²) in [5, 5.41) is 63.8. The second-order valence-electron chi connectivity index (χ2n) is 29.8. The number of aromatic amines is 4. The molecule has 0 saturated carbocycles. The first-order valence-electron chi connectivity index (χ1n) is 42.8. The summed E-state index contributed by atoms with van der Waals surface area (Å²) in [6.45, 7) is 5.68. The van der Waals surface area contributed by atoms with Gasteiger partial charge in [-0.05, 0) is 82.9 Å². The second kappa shape index (κ2) is 54.0. The van der Waals surface area contributed by atoms with E-state index in [2.05, 4.69) is 62.5 Å². The summed E-state index contributed by atoms with van der Waals surface area (Å²) < 4.78 is 62.1. The number of carboxylic acid groups (broad SMARTS) is 4. The van der Waals surface area contributed by atoms with Crippen LogP contribution in [0.3, 0.4) is 0 Å². The molecular formula is C92H110N12O27. The smallest absolute Gasteiger partial charge is 0.326 e. The number of rotatable bonds is 64. The van der Waals surface area contributed by atoms with Crippen LogP contribution in [0.5, 0.6) is 11.5 Å². The number of amides is 8. The highest BCUT2D eigenvalue weighted by Crippen LogP contribution is 2.31. The number of benzene rings is 6. The maximum absolute atomic E-state index is 13.8. The van der Waals surface area contributed by atoms with Crippen molar-refractivity contribution in [3.63, 3.8) is 0 Å². The number of carboxylic acids is 4. The molecule has 39 heteroatoms. The van der Waals surface area contributed by atoms with E-state index >= 15 is 0 Å².